The van der Waals surface area contributed by atoms with E-state index in [2.05, 4.69) is 15.0 Å². The Morgan fingerprint density at radius 1 is 1.44 bits per heavy atom. The number of H-pyrrole nitrogens is 1. The lowest BCUT2D eigenvalue weighted by Gasteiger charge is -2.19. The molecule has 0 aliphatic carbocycles. The fourth-order valence-electron chi connectivity index (χ4n) is 2.23. The standard InChI is InChI=1S/C10H13N5O3/c16-3-6-1-14(2-7(6)17)15-5-13-8-9(15)11-4-12-10(8)18/h4-7,16-17H,1-3H2,(H,11,12,18)/t6-,7-/m1/s1. The number of hydrogen-bond donors (Lipinski definition) is 3. The first-order valence-electron chi connectivity index (χ1n) is 5.65. The van der Waals surface area contributed by atoms with E-state index in [0.717, 1.165) is 0 Å². The van der Waals surface area contributed by atoms with Gasteiger partial charge in [-0.2, -0.15) is 0 Å². The highest BCUT2D eigenvalue weighted by molar-refractivity contribution is 5.69. The van der Waals surface area contributed by atoms with Crippen molar-refractivity contribution in [3.63, 3.8) is 0 Å². The van der Waals surface area contributed by atoms with E-state index in [1.54, 1.807) is 4.68 Å². The van der Waals surface area contributed by atoms with Crippen LogP contribution in [0.5, 0.6) is 0 Å². The maximum atomic E-state index is 11.5. The van der Waals surface area contributed by atoms with Gasteiger partial charge in [-0.25, -0.2) is 14.6 Å². The van der Waals surface area contributed by atoms with Crippen molar-refractivity contribution < 1.29 is 10.2 Å². The normalized spacial score (nSPS) is 24.0. The molecule has 96 valence electrons. The van der Waals surface area contributed by atoms with Crippen LogP contribution in [0.2, 0.25) is 0 Å². The van der Waals surface area contributed by atoms with E-state index < -0.39 is 6.10 Å². The first-order chi connectivity index (χ1) is 8.70. The third-order valence-electron chi connectivity index (χ3n) is 3.25. The second-order valence-electron chi connectivity index (χ2n) is 4.37. The Morgan fingerprint density at radius 3 is 3.00 bits per heavy atom. The van der Waals surface area contributed by atoms with Gasteiger partial charge in [-0.3, -0.25) is 4.79 Å². The minimum absolute atomic E-state index is 0.0711. The van der Waals surface area contributed by atoms with Gasteiger partial charge in [0.2, 0.25) is 0 Å². The summed E-state index contributed by atoms with van der Waals surface area (Å²) in [5, 5.41) is 20.7. The van der Waals surface area contributed by atoms with E-state index in [9.17, 15) is 9.90 Å². The van der Waals surface area contributed by atoms with Crippen LogP contribution in [0.15, 0.2) is 17.4 Å². The summed E-state index contributed by atoms with van der Waals surface area (Å²) in [6.07, 6.45) is 2.23. The van der Waals surface area contributed by atoms with E-state index in [0.29, 0.717) is 18.7 Å². The number of nitrogens with one attached hydrogen (secondary N) is 1. The molecular formula is C10H13N5O3. The van der Waals surface area contributed by atoms with Crippen molar-refractivity contribution in [3.05, 3.63) is 23.0 Å². The van der Waals surface area contributed by atoms with E-state index in [1.165, 1.54) is 12.7 Å². The van der Waals surface area contributed by atoms with Gasteiger partial charge in [-0.05, 0) is 0 Å². The van der Waals surface area contributed by atoms with Gasteiger partial charge in [0.1, 0.15) is 6.33 Å². The number of aliphatic hydroxyl groups is 2. The van der Waals surface area contributed by atoms with E-state index in [1.807, 2.05) is 5.01 Å². The smallest absolute Gasteiger partial charge is 0.278 e. The lowest BCUT2D eigenvalue weighted by molar-refractivity contribution is 0.104. The van der Waals surface area contributed by atoms with Crippen molar-refractivity contribution >= 4 is 11.2 Å². The van der Waals surface area contributed by atoms with Gasteiger partial charge in [-0.1, -0.05) is 0 Å². The number of imidazole rings is 1. The molecule has 0 bridgehead atoms. The average Bonchev–Trinajstić information content (AvgIpc) is 2.93. The summed E-state index contributed by atoms with van der Waals surface area (Å²) < 4.78 is 1.64. The van der Waals surface area contributed by atoms with Gasteiger partial charge < -0.3 is 20.2 Å². The fraction of sp³-hybridized carbons (Fsp3) is 0.500. The predicted molar refractivity (Wildman–Crippen MR) is 62.7 cm³/mol. The molecule has 18 heavy (non-hydrogen) atoms. The molecule has 8 heteroatoms. The third-order valence-corrected chi connectivity index (χ3v) is 3.25. The zero-order valence-corrected chi connectivity index (χ0v) is 9.52. The first-order valence-corrected chi connectivity index (χ1v) is 5.65. The van der Waals surface area contributed by atoms with Crippen molar-refractivity contribution in [1.29, 1.82) is 0 Å². The minimum Gasteiger partial charge on any atom is -0.396 e. The summed E-state index contributed by atoms with van der Waals surface area (Å²) in [5.74, 6) is -0.190. The zero-order chi connectivity index (χ0) is 12.7. The van der Waals surface area contributed by atoms with E-state index in [-0.39, 0.29) is 23.6 Å². The SMILES string of the molecule is O=c1[nH]cnc2c1ncn2N1C[C@H](CO)[C@H](O)C1. The van der Waals surface area contributed by atoms with Gasteiger partial charge in [0.05, 0.1) is 25.6 Å². The van der Waals surface area contributed by atoms with Gasteiger partial charge in [0.25, 0.3) is 5.56 Å². The van der Waals surface area contributed by atoms with Crippen LogP contribution >= 0.6 is 0 Å². The number of aliphatic hydroxyl groups excluding tert-OH is 2. The van der Waals surface area contributed by atoms with Gasteiger partial charge in [0.15, 0.2) is 11.2 Å². The maximum absolute atomic E-state index is 11.5. The van der Waals surface area contributed by atoms with Crippen LogP contribution in [-0.2, 0) is 0 Å². The molecule has 3 heterocycles. The minimum atomic E-state index is -0.588. The fourth-order valence-corrected chi connectivity index (χ4v) is 2.23. The molecule has 8 nitrogen and oxygen atoms in total. The molecule has 1 fully saturated rings. The second kappa shape index (κ2) is 4.07. The molecule has 0 aromatic carbocycles. The van der Waals surface area contributed by atoms with Crippen LogP contribution < -0.4 is 10.6 Å². The summed E-state index contributed by atoms with van der Waals surface area (Å²) in [6.45, 7) is 0.807. The summed E-state index contributed by atoms with van der Waals surface area (Å²) in [6, 6.07) is 0. The number of aromatic amines is 1. The Hall–Kier alpha value is -1.93. The first kappa shape index (κ1) is 11.2. The molecular weight excluding hydrogens is 238 g/mol. The quantitative estimate of drug-likeness (QED) is 0.572. The molecule has 2 aromatic heterocycles. The highest BCUT2D eigenvalue weighted by atomic mass is 16.3. The van der Waals surface area contributed by atoms with E-state index >= 15 is 0 Å². The summed E-state index contributed by atoms with van der Waals surface area (Å²) in [7, 11) is 0. The molecule has 1 aliphatic rings. The van der Waals surface area contributed by atoms with Crippen molar-refractivity contribution in [2.75, 3.05) is 24.7 Å². The van der Waals surface area contributed by atoms with Crippen molar-refractivity contribution in [1.82, 2.24) is 19.6 Å². The molecule has 2 atom stereocenters. The lowest BCUT2D eigenvalue weighted by atomic mass is 10.1. The largest absolute Gasteiger partial charge is 0.396 e. The number of nitrogens with zero attached hydrogens (tertiary/aromatic N) is 4. The number of aromatic nitrogens is 4. The zero-order valence-electron chi connectivity index (χ0n) is 9.52. The van der Waals surface area contributed by atoms with Crippen LogP contribution in [0.4, 0.5) is 0 Å². The van der Waals surface area contributed by atoms with E-state index in [4.69, 9.17) is 5.11 Å². The van der Waals surface area contributed by atoms with Crippen LogP contribution in [0.1, 0.15) is 0 Å². The van der Waals surface area contributed by atoms with Crippen LogP contribution in [0.3, 0.4) is 0 Å². The monoisotopic (exact) mass is 251 g/mol. The molecule has 2 aromatic rings. The summed E-state index contributed by atoms with van der Waals surface area (Å²) in [5.41, 5.74) is 0.418. The number of hydrogen-bond acceptors (Lipinski definition) is 6. The lowest BCUT2D eigenvalue weighted by Crippen LogP contribution is -2.32. The Morgan fingerprint density at radius 2 is 2.28 bits per heavy atom. The predicted octanol–water partition coefficient (Wildman–Crippen LogP) is -1.96. The van der Waals surface area contributed by atoms with Gasteiger partial charge >= 0.3 is 0 Å². The average molecular weight is 251 g/mol. The molecule has 1 saturated heterocycles. The van der Waals surface area contributed by atoms with Crippen LogP contribution in [0, 0.1) is 5.92 Å². The molecule has 0 saturated carbocycles. The van der Waals surface area contributed by atoms with Crippen molar-refractivity contribution in [2.45, 2.75) is 6.10 Å². The molecule has 0 radical (unpaired) electrons. The summed E-state index contributed by atoms with van der Waals surface area (Å²) in [4.78, 5) is 22.1. The van der Waals surface area contributed by atoms with Crippen molar-refractivity contribution in [3.8, 4) is 0 Å². The molecule has 0 amide bonds. The number of fused-ring (bicyclic) bond motifs is 1. The van der Waals surface area contributed by atoms with Crippen LogP contribution in [0.25, 0.3) is 11.2 Å². The Labute approximate surface area is 101 Å². The Bertz CT molecular complexity index is 621. The highest BCUT2D eigenvalue weighted by Gasteiger charge is 2.32. The van der Waals surface area contributed by atoms with Gasteiger partial charge in [0, 0.05) is 12.5 Å². The second-order valence-corrected chi connectivity index (χ2v) is 4.37. The number of β-amino-alcohol motifs (C(OH)–C–C–N with tert-alkyl or cyclic N) is 1. The topological polar surface area (TPSA) is 107 Å². The summed E-state index contributed by atoms with van der Waals surface area (Å²) >= 11 is 0. The maximum Gasteiger partial charge on any atom is 0.278 e. The molecule has 0 spiro atoms. The molecule has 1 aliphatic heterocycles. The van der Waals surface area contributed by atoms with Crippen molar-refractivity contribution in [2.24, 2.45) is 5.92 Å². The Kier molecular flexibility index (Phi) is 2.53. The molecule has 3 rings (SSSR count). The molecule has 0 unspecified atom stereocenters. The highest BCUT2D eigenvalue weighted by Crippen LogP contribution is 2.17. The van der Waals surface area contributed by atoms with Gasteiger partial charge in [-0.15, -0.1) is 0 Å². The Balaban J connectivity index is 2.01. The van der Waals surface area contributed by atoms with Crippen LogP contribution in [-0.4, -0.2) is 55.6 Å². The number of rotatable bonds is 2. The molecule has 3 N–H and O–H groups in total. The third kappa shape index (κ3) is 1.57.